The van der Waals surface area contributed by atoms with Crippen molar-refractivity contribution in [3.05, 3.63) is 48.0 Å². The summed E-state index contributed by atoms with van der Waals surface area (Å²) in [5, 5.41) is 0. The normalized spacial score (nSPS) is 16.0. The number of rotatable bonds is 6. The second-order valence-electron chi connectivity index (χ2n) is 7.61. The first kappa shape index (κ1) is 19.6. The van der Waals surface area contributed by atoms with Gasteiger partial charge in [-0.3, -0.25) is 4.79 Å². The molecule has 1 aromatic heterocycles. The van der Waals surface area contributed by atoms with Gasteiger partial charge >= 0.3 is 0 Å². The van der Waals surface area contributed by atoms with Gasteiger partial charge in [-0.2, -0.15) is 0 Å². The van der Waals surface area contributed by atoms with Gasteiger partial charge in [0.05, 0.1) is 5.56 Å². The van der Waals surface area contributed by atoms with Crippen LogP contribution in [0, 0.1) is 5.82 Å². The molecular formula is C22H29FN2O2. The summed E-state index contributed by atoms with van der Waals surface area (Å²) in [6, 6.07) is 11.0. The number of hydrogen-bond donors (Lipinski definition) is 0. The maximum absolute atomic E-state index is 13.9. The number of carbonyl (C=O) groups excluding carboxylic acids is 1. The van der Waals surface area contributed by atoms with Crippen LogP contribution in [-0.2, 0) is 11.2 Å². The van der Waals surface area contributed by atoms with Gasteiger partial charge in [0, 0.05) is 45.1 Å². The Kier molecular flexibility index (Phi) is 6.32. The number of likely N-dealkylation sites (tertiary alicyclic amines) is 1. The molecule has 27 heavy (non-hydrogen) atoms. The molecule has 2 aromatic rings. The molecule has 1 fully saturated rings. The van der Waals surface area contributed by atoms with Gasteiger partial charge in [-0.15, -0.1) is 0 Å². The summed E-state index contributed by atoms with van der Waals surface area (Å²) in [5.74, 6) is 1.05. The third-order valence-electron chi connectivity index (χ3n) is 5.56. The van der Waals surface area contributed by atoms with Gasteiger partial charge in [0.15, 0.2) is 0 Å². The molecule has 1 aliphatic rings. The molecule has 0 aliphatic carbocycles. The fraction of sp³-hybridized carbons (Fsp3) is 0.500. The molecule has 0 spiro atoms. The molecule has 4 nitrogen and oxygen atoms in total. The summed E-state index contributed by atoms with van der Waals surface area (Å²) in [6.45, 7) is 6.52. The predicted octanol–water partition coefficient (Wildman–Crippen LogP) is 4.35. The van der Waals surface area contributed by atoms with Crippen molar-refractivity contribution in [3.63, 3.8) is 0 Å². The Morgan fingerprint density at radius 2 is 1.93 bits per heavy atom. The van der Waals surface area contributed by atoms with Gasteiger partial charge < -0.3 is 14.2 Å². The van der Waals surface area contributed by atoms with Crippen LogP contribution in [0.4, 0.5) is 4.39 Å². The lowest BCUT2D eigenvalue weighted by Gasteiger charge is -2.38. The largest absolute Gasteiger partial charge is 0.461 e. The van der Waals surface area contributed by atoms with Gasteiger partial charge in [0.1, 0.15) is 17.3 Å². The van der Waals surface area contributed by atoms with Crippen LogP contribution >= 0.6 is 0 Å². The van der Waals surface area contributed by atoms with E-state index in [1.165, 1.54) is 6.07 Å². The third kappa shape index (κ3) is 4.78. The zero-order valence-electron chi connectivity index (χ0n) is 16.5. The first-order valence-corrected chi connectivity index (χ1v) is 9.79. The Morgan fingerprint density at radius 3 is 2.59 bits per heavy atom. The van der Waals surface area contributed by atoms with E-state index in [1.54, 1.807) is 24.3 Å². The maximum atomic E-state index is 13.9. The van der Waals surface area contributed by atoms with E-state index in [9.17, 15) is 9.18 Å². The van der Waals surface area contributed by atoms with Crippen molar-refractivity contribution in [2.75, 3.05) is 20.1 Å². The Labute approximate surface area is 161 Å². The summed E-state index contributed by atoms with van der Waals surface area (Å²) in [5.41, 5.74) is 0.448. The SMILES string of the molecule is CC(C)N1CCC(N(C)C(=O)CCc2ccc(-c3ccccc3F)o2)CC1. The molecule has 0 saturated carbocycles. The van der Waals surface area contributed by atoms with E-state index in [0.29, 0.717) is 42.0 Å². The molecule has 1 aromatic carbocycles. The molecule has 146 valence electrons. The van der Waals surface area contributed by atoms with Crippen molar-refractivity contribution >= 4 is 5.91 Å². The van der Waals surface area contributed by atoms with Crippen molar-refractivity contribution in [3.8, 4) is 11.3 Å². The van der Waals surface area contributed by atoms with Crippen LogP contribution in [0.15, 0.2) is 40.8 Å². The Balaban J connectivity index is 1.52. The van der Waals surface area contributed by atoms with Crippen molar-refractivity contribution in [2.45, 2.75) is 51.6 Å². The minimum absolute atomic E-state index is 0.141. The van der Waals surface area contributed by atoms with E-state index in [4.69, 9.17) is 4.42 Å². The topological polar surface area (TPSA) is 36.7 Å². The predicted molar refractivity (Wildman–Crippen MR) is 105 cm³/mol. The Hall–Kier alpha value is -2.14. The molecular weight excluding hydrogens is 343 g/mol. The quantitative estimate of drug-likeness (QED) is 0.756. The lowest BCUT2D eigenvalue weighted by Crippen LogP contribution is -2.47. The number of hydrogen-bond acceptors (Lipinski definition) is 3. The molecule has 0 bridgehead atoms. The van der Waals surface area contributed by atoms with Crippen LogP contribution in [-0.4, -0.2) is 47.9 Å². The minimum Gasteiger partial charge on any atom is -0.461 e. The van der Waals surface area contributed by atoms with Gasteiger partial charge in [-0.25, -0.2) is 4.39 Å². The molecule has 1 aliphatic heterocycles. The van der Waals surface area contributed by atoms with E-state index in [-0.39, 0.29) is 11.7 Å². The third-order valence-corrected chi connectivity index (χ3v) is 5.56. The summed E-state index contributed by atoms with van der Waals surface area (Å²) >= 11 is 0. The lowest BCUT2D eigenvalue weighted by atomic mass is 10.0. The van der Waals surface area contributed by atoms with Crippen molar-refractivity contribution in [1.82, 2.24) is 9.80 Å². The van der Waals surface area contributed by atoms with Crippen LogP contribution < -0.4 is 0 Å². The van der Waals surface area contributed by atoms with Crippen LogP contribution in [0.5, 0.6) is 0 Å². The molecule has 0 atom stereocenters. The fourth-order valence-electron chi connectivity index (χ4n) is 3.72. The highest BCUT2D eigenvalue weighted by Gasteiger charge is 2.26. The van der Waals surface area contributed by atoms with Gasteiger partial charge in [-0.05, 0) is 51.0 Å². The van der Waals surface area contributed by atoms with Crippen LogP contribution in [0.25, 0.3) is 11.3 Å². The maximum Gasteiger partial charge on any atom is 0.223 e. The molecule has 0 unspecified atom stereocenters. The molecule has 2 heterocycles. The fourth-order valence-corrected chi connectivity index (χ4v) is 3.72. The van der Waals surface area contributed by atoms with E-state index < -0.39 is 0 Å². The smallest absolute Gasteiger partial charge is 0.223 e. The van der Waals surface area contributed by atoms with Gasteiger partial charge in [0.2, 0.25) is 5.91 Å². The summed E-state index contributed by atoms with van der Waals surface area (Å²) in [4.78, 5) is 16.9. The van der Waals surface area contributed by atoms with Crippen LogP contribution in [0.2, 0.25) is 0 Å². The van der Waals surface area contributed by atoms with Gasteiger partial charge in [-0.1, -0.05) is 12.1 Å². The van der Waals surface area contributed by atoms with Crippen molar-refractivity contribution in [1.29, 1.82) is 0 Å². The number of amides is 1. The van der Waals surface area contributed by atoms with E-state index >= 15 is 0 Å². The Bertz CT molecular complexity index is 763. The average molecular weight is 372 g/mol. The number of benzene rings is 1. The first-order valence-electron chi connectivity index (χ1n) is 9.79. The molecule has 1 saturated heterocycles. The lowest BCUT2D eigenvalue weighted by molar-refractivity contribution is -0.132. The second-order valence-corrected chi connectivity index (χ2v) is 7.61. The number of halogens is 1. The summed E-state index contributed by atoms with van der Waals surface area (Å²) < 4.78 is 19.6. The summed E-state index contributed by atoms with van der Waals surface area (Å²) in [7, 11) is 1.91. The zero-order valence-corrected chi connectivity index (χ0v) is 16.5. The van der Waals surface area contributed by atoms with E-state index in [0.717, 1.165) is 25.9 Å². The Morgan fingerprint density at radius 1 is 1.22 bits per heavy atom. The first-order chi connectivity index (χ1) is 13.0. The molecule has 0 N–H and O–H groups in total. The second kappa shape index (κ2) is 8.70. The minimum atomic E-state index is -0.304. The van der Waals surface area contributed by atoms with Crippen molar-refractivity contribution in [2.24, 2.45) is 0 Å². The average Bonchev–Trinajstić information content (AvgIpc) is 3.14. The molecule has 0 radical (unpaired) electrons. The number of carbonyl (C=O) groups is 1. The highest BCUT2D eigenvalue weighted by Crippen LogP contribution is 2.25. The van der Waals surface area contributed by atoms with Crippen LogP contribution in [0.1, 0.15) is 38.9 Å². The molecule has 1 amide bonds. The van der Waals surface area contributed by atoms with E-state index in [2.05, 4.69) is 18.7 Å². The standard InChI is InChI=1S/C22H29FN2O2/c1-16(2)25-14-12-17(13-15-25)24(3)22(26)11-9-18-8-10-21(27-18)19-6-4-5-7-20(19)23/h4-8,10,16-17H,9,11-15H2,1-3H3. The van der Waals surface area contributed by atoms with Crippen molar-refractivity contribution < 1.29 is 13.6 Å². The number of piperidine rings is 1. The number of nitrogens with zero attached hydrogens (tertiary/aromatic N) is 2. The summed E-state index contributed by atoms with van der Waals surface area (Å²) in [6.07, 6.45) is 2.99. The van der Waals surface area contributed by atoms with Crippen LogP contribution in [0.3, 0.4) is 0 Å². The van der Waals surface area contributed by atoms with E-state index in [1.807, 2.05) is 18.0 Å². The number of furan rings is 1. The highest BCUT2D eigenvalue weighted by molar-refractivity contribution is 5.76. The highest BCUT2D eigenvalue weighted by atomic mass is 19.1. The zero-order chi connectivity index (χ0) is 19.4. The molecule has 3 rings (SSSR count). The van der Waals surface area contributed by atoms with Gasteiger partial charge in [0.25, 0.3) is 0 Å². The number of aryl methyl sites for hydroxylation is 1. The molecule has 5 heteroatoms. The monoisotopic (exact) mass is 372 g/mol.